The molecule has 2 aromatic rings. The molecular formula is C19H24N2O2S. The molecule has 0 aliphatic carbocycles. The van der Waals surface area contributed by atoms with Gasteiger partial charge < -0.3 is 14.5 Å². The number of benzene rings is 1. The molecule has 1 saturated heterocycles. The molecule has 0 saturated carbocycles. The van der Waals surface area contributed by atoms with Crippen molar-refractivity contribution in [2.75, 3.05) is 38.3 Å². The predicted octanol–water partition coefficient (Wildman–Crippen LogP) is 3.47. The van der Waals surface area contributed by atoms with Crippen LogP contribution in [-0.2, 0) is 11.3 Å². The van der Waals surface area contributed by atoms with Gasteiger partial charge >= 0.3 is 0 Å². The summed E-state index contributed by atoms with van der Waals surface area (Å²) in [7, 11) is 1.87. The molecule has 24 heavy (non-hydrogen) atoms. The second kappa shape index (κ2) is 7.36. The lowest BCUT2D eigenvalue weighted by Gasteiger charge is -2.29. The summed E-state index contributed by atoms with van der Waals surface area (Å²) in [6, 6.07) is 10.5. The lowest BCUT2D eigenvalue weighted by molar-refractivity contribution is 0.0785. The van der Waals surface area contributed by atoms with Gasteiger partial charge in [-0.1, -0.05) is 12.1 Å². The van der Waals surface area contributed by atoms with E-state index >= 15 is 0 Å². The highest BCUT2D eigenvalue weighted by atomic mass is 32.1. The van der Waals surface area contributed by atoms with Gasteiger partial charge in [0.15, 0.2) is 0 Å². The van der Waals surface area contributed by atoms with Crippen molar-refractivity contribution in [1.82, 2.24) is 4.90 Å². The minimum atomic E-state index is 0.0918. The minimum Gasteiger partial charge on any atom is -0.378 e. The summed E-state index contributed by atoms with van der Waals surface area (Å²) in [5.74, 6) is 0.0918. The Morgan fingerprint density at radius 1 is 1.21 bits per heavy atom. The second-order valence-corrected chi connectivity index (χ2v) is 7.71. The molecule has 128 valence electrons. The van der Waals surface area contributed by atoms with Gasteiger partial charge in [-0.15, -0.1) is 11.3 Å². The number of hydrogen-bond donors (Lipinski definition) is 0. The van der Waals surface area contributed by atoms with E-state index in [9.17, 15) is 4.79 Å². The van der Waals surface area contributed by atoms with Gasteiger partial charge in [0.1, 0.15) is 0 Å². The van der Waals surface area contributed by atoms with Crippen LogP contribution in [0.3, 0.4) is 0 Å². The molecule has 0 unspecified atom stereocenters. The van der Waals surface area contributed by atoms with Gasteiger partial charge in [-0.2, -0.15) is 0 Å². The number of thiophene rings is 1. The summed E-state index contributed by atoms with van der Waals surface area (Å²) in [6.45, 7) is 8.13. The maximum Gasteiger partial charge on any atom is 0.255 e. The number of amides is 1. The lowest BCUT2D eigenvalue weighted by Crippen LogP contribution is -2.36. The topological polar surface area (TPSA) is 32.8 Å². The van der Waals surface area contributed by atoms with Crippen molar-refractivity contribution < 1.29 is 9.53 Å². The van der Waals surface area contributed by atoms with E-state index in [4.69, 9.17) is 4.74 Å². The molecule has 4 nitrogen and oxygen atoms in total. The Labute approximate surface area is 147 Å². The van der Waals surface area contributed by atoms with Gasteiger partial charge in [0.25, 0.3) is 5.91 Å². The molecule has 0 bridgehead atoms. The number of carbonyl (C=O) groups is 1. The fraction of sp³-hybridized carbons (Fsp3) is 0.421. The number of ether oxygens (including phenoxy) is 1. The molecule has 1 aromatic heterocycles. The van der Waals surface area contributed by atoms with Crippen molar-refractivity contribution in [1.29, 1.82) is 0 Å². The molecule has 1 aromatic carbocycles. The molecule has 2 heterocycles. The zero-order valence-electron chi connectivity index (χ0n) is 14.5. The smallest absolute Gasteiger partial charge is 0.255 e. The molecule has 1 aliphatic heterocycles. The largest absolute Gasteiger partial charge is 0.378 e. The number of morpholine rings is 1. The molecule has 3 rings (SSSR count). The quantitative estimate of drug-likeness (QED) is 0.851. The van der Waals surface area contributed by atoms with Crippen molar-refractivity contribution in [3.8, 4) is 0 Å². The van der Waals surface area contributed by atoms with Crippen LogP contribution in [0.4, 0.5) is 5.69 Å². The highest BCUT2D eigenvalue weighted by Crippen LogP contribution is 2.23. The van der Waals surface area contributed by atoms with Crippen LogP contribution in [-0.4, -0.2) is 44.2 Å². The van der Waals surface area contributed by atoms with Gasteiger partial charge in [0.05, 0.1) is 18.8 Å². The average molecular weight is 344 g/mol. The summed E-state index contributed by atoms with van der Waals surface area (Å²) >= 11 is 1.68. The first kappa shape index (κ1) is 17.0. The number of rotatable bonds is 4. The molecule has 1 amide bonds. The Bertz CT molecular complexity index is 703. The van der Waals surface area contributed by atoms with Crippen LogP contribution in [0.5, 0.6) is 0 Å². The Morgan fingerprint density at radius 3 is 2.46 bits per heavy atom. The zero-order chi connectivity index (χ0) is 17.1. The van der Waals surface area contributed by atoms with Crippen molar-refractivity contribution in [3.05, 3.63) is 51.2 Å². The lowest BCUT2D eigenvalue weighted by atomic mass is 10.1. The molecule has 0 N–H and O–H groups in total. The van der Waals surface area contributed by atoms with E-state index in [1.165, 1.54) is 10.6 Å². The molecular weight excluding hydrogens is 320 g/mol. The number of carbonyl (C=O) groups excluding carboxylic acids is 1. The van der Waals surface area contributed by atoms with Crippen molar-refractivity contribution in [2.45, 2.75) is 20.4 Å². The third-order valence-corrected chi connectivity index (χ3v) is 5.32. The summed E-state index contributed by atoms with van der Waals surface area (Å²) in [4.78, 5) is 19.0. The van der Waals surface area contributed by atoms with Crippen LogP contribution < -0.4 is 4.90 Å². The van der Waals surface area contributed by atoms with Crippen LogP contribution in [0.15, 0.2) is 30.3 Å². The van der Waals surface area contributed by atoms with Crippen LogP contribution in [0.1, 0.15) is 25.7 Å². The Kier molecular flexibility index (Phi) is 5.21. The average Bonchev–Trinajstić information content (AvgIpc) is 2.94. The van der Waals surface area contributed by atoms with Crippen molar-refractivity contribution in [3.63, 3.8) is 0 Å². The molecule has 5 heteroatoms. The fourth-order valence-corrected chi connectivity index (χ4v) is 3.94. The van der Waals surface area contributed by atoms with E-state index in [1.807, 2.05) is 27.0 Å². The van der Waals surface area contributed by atoms with Gasteiger partial charge in [0.2, 0.25) is 0 Å². The fourth-order valence-electron chi connectivity index (χ4n) is 3.03. The van der Waals surface area contributed by atoms with Crippen LogP contribution in [0.2, 0.25) is 0 Å². The third kappa shape index (κ3) is 3.79. The van der Waals surface area contributed by atoms with Gasteiger partial charge in [-0.25, -0.2) is 0 Å². The highest BCUT2D eigenvalue weighted by molar-refractivity contribution is 7.12. The number of hydrogen-bond acceptors (Lipinski definition) is 4. The monoisotopic (exact) mass is 344 g/mol. The normalized spacial score (nSPS) is 14.7. The van der Waals surface area contributed by atoms with E-state index in [-0.39, 0.29) is 5.91 Å². The minimum absolute atomic E-state index is 0.0918. The summed E-state index contributed by atoms with van der Waals surface area (Å²) in [6.07, 6.45) is 0. The SMILES string of the molecule is Cc1cc(C(=O)N(C)Cc2ccc(N3CCOCC3)cc2)c(C)s1. The first-order valence-corrected chi connectivity index (χ1v) is 9.10. The molecule has 0 radical (unpaired) electrons. The van der Waals surface area contributed by atoms with E-state index < -0.39 is 0 Å². The zero-order valence-corrected chi connectivity index (χ0v) is 15.4. The number of nitrogens with zero attached hydrogens (tertiary/aromatic N) is 2. The Morgan fingerprint density at radius 2 is 1.88 bits per heavy atom. The number of anilines is 1. The molecule has 0 spiro atoms. The molecule has 1 aliphatic rings. The Balaban J connectivity index is 1.64. The second-order valence-electron chi connectivity index (χ2n) is 6.25. The summed E-state index contributed by atoms with van der Waals surface area (Å²) in [5.41, 5.74) is 3.19. The molecule has 0 atom stereocenters. The highest BCUT2D eigenvalue weighted by Gasteiger charge is 2.17. The standard InChI is InChI=1S/C19H24N2O2S/c1-14-12-18(15(2)24-14)19(22)20(3)13-16-4-6-17(7-5-16)21-8-10-23-11-9-21/h4-7,12H,8-11,13H2,1-3H3. The van der Waals surface area contributed by atoms with E-state index in [0.717, 1.165) is 42.3 Å². The maximum absolute atomic E-state index is 12.6. The van der Waals surface area contributed by atoms with Crippen LogP contribution >= 0.6 is 11.3 Å². The van der Waals surface area contributed by atoms with E-state index in [1.54, 1.807) is 16.2 Å². The maximum atomic E-state index is 12.6. The number of aryl methyl sites for hydroxylation is 2. The van der Waals surface area contributed by atoms with Crippen molar-refractivity contribution >= 4 is 22.9 Å². The first-order chi connectivity index (χ1) is 11.5. The third-order valence-electron chi connectivity index (χ3n) is 4.35. The van der Waals surface area contributed by atoms with Crippen molar-refractivity contribution in [2.24, 2.45) is 0 Å². The van der Waals surface area contributed by atoms with E-state index in [0.29, 0.717) is 6.54 Å². The Hall–Kier alpha value is -1.85. The summed E-state index contributed by atoms with van der Waals surface area (Å²) < 4.78 is 5.39. The predicted molar refractivity (Wildman–Crippen MR) is 99.1 cm³/mol. The van der Waals surface area contributed by atoms with Crippen LogP contribution in [0, 0.1) is 13.8 Å². The van der Waals surface area contributed by atoms with E-state index in [2.05, 4.69) is 29.2 Å². The first-order valence-electron chi connectivity index (χ1n) is 8.29. The summed E-state index contributed by atoms with van der Waals surface area (Å²) in [5, 5.41) is 0. The van der Waals surface area contributed by atoms with Crippen LogP contribution in [0.25, 0.3) is 0 Å². The van der Waals surface area contributed by atoms with Gasteiger partial charge in [-0.3, -0.25) is 4.79 Å². The molecule has 1 fully saturated rings. The van der Waals surface area contributed by atoms with Gasteiger partial charge in [0, 0.05) is 42.1 Å². The van der Waals surface area contributed by atoms with Gasteiger partial charge in [-0.05, 0) is 37.6 Å².